The number of hydrogen-bond donors (Lipinski definition) is 2. The van der Waals surface area contributed by atoms with Crippen molar-refractivity contribution in [2.45, 2.75) is 25.7 Å². The number of aromatic nitrogens is 2. The van der Waals surface area contributed by atoms with Gasteiger partial charge in [-0.3, -0.25) is 19.2 Å². The van der Waals surface area contributed by atoms with Crippen LogP contribution in [0.5, 0.6) is 0 Å². The molecule has 2 saturated heterocycles. The first kappa shape index (κ1) is 21.9. The molecule has 2 aliphatic rings. The van der Waals surface area contributed by atoms with Crippen LogP contribution in [0.25, 0.3) is 0 Å². The van der Waals surface area contributed by atoms with Crippen LogP contribution in [0.4, 0.5) is 10.8 Å². The van der Waals surface area contributed by atoms with E-state index in [2.05, 4.69) is 20.8 Å². The summed E-state index contributed by atoms with van der Waals surface area (Å²) in [5.41, 5.74) is 2.76. The largest absolute Gasteiger partial charge is 0.343 e. The number of hydrogen-bond acceptors (Lipinski definition) is 7. The zero-order valence-corrected chi connectivity index (χ0v) is 18.3. The lowest BCUT2D eigenvalue weighted by Crippen LogP contribution is -2.45. The Kier molecular flexibility index (Phi) is 6.74. The van der Waals surface area contributed by atoms with Gasteiger partial charge in [-0.2, -0.15) is 0 Å². The lowest BCUT2D eigenvalue weighted by atomic mass is 9.96. The Labute approximate surface area is 189 Å². The second kappa shape index (κ2) is 9.86. The molecule has 4 amide bonds. The van der Waals surface area contributed by atoms with Crippen LogP contribution in [0, 0.1) is 5.92 Å². The summed E-state index contributed by atoms with van der Waals surface area (Å²) in [6, 6.07) is 6.81. The molecule has 0 aliphatic carbocycles. The molecule has 2 aromatic rings. The van der Waals surface area contributed by atoms with Gasteiger partial charge < -0.3 is 20.4 Å². The summed E-state index contributed by atoms with van der Waals surface area (Å²) in [7, 11) is 0. The van der Waals surface area contributed by atoms with Crippen LogP contribution in [0.3, 0.4) is 0 Å². The van der Waals surface area contributed by atoms with Gasteiger partial charge in [0.25, 0.3) is 5.91 Å². The van der Waals surface area contributed by atoms with Crippen LogP contribution >= 0.6 is 11.3 Å². The minimum absolute atomic E-state index is 0.0919. The van der Waals surface area contributed by atoms with E-state index in [1.807, 2.05) is 0 Å². The Hall–Kier alpha value is -3.34. The second-order valence-corrected chi connectivity index (χ2v) is 8.60. The van der Waals surface area contributed by atoms with E-state index in [9.17, 15) is 19.2 Å². The maximum absolute atomic E-state index is 12.5. The summed E-state index contributed by atoms with van der Waals surface area (Å²) >= 11 is 1.26. The lowest BCUT2D eigenvalue weighted by molar-refractivity contribution is -0.133. The fourth-order valence-electron chi connectivity index (χ4n) is 3.91. The quantitative estimate of drug-likeness (QED) is 0.675. The number of benzene rings is 1. The predicted octanol–water partition coefficient (Wildman–Crippen LogP) is 1.27. The van der Waals surface area contributed by atoms with Crippen LogP contribution in [-0.4, -0.2) is 64.9 Å². The average Bonchev–Trinajstić information content (AvgIpc) is 3.49. The number of carbonyl (C=O) groups excluding carboxylic acids is 4. The number of nitrogens with zero attached hydrogens (tertiary/aromatic N) is 4. The molecule has 11 heteroatoms. The van der Waals surface area contributed by atoms with Gasteiger partial charge >= 0.3 is 0 Å². The molecule has 3 heterocycles. The summed E-state index contributed by atoms with van der Waals surface area (Å²) in [5.74, 6) is -0.724. The van der Waals surface area contributed by atoms with E-state index in [0.717, 1.165) is 12.1 Å². The molecule has 2 fully saturated rings. The number of carbonyl (C=O) groups is 4. The van der Waals surface area contributed by atoms with Gasteiger partial charge in [0.15, 0.2) is 0 Å². The number of nitrogens with one attached hydrogen (secondary N) is 2. The molecule has 2 N–H and O–H groups in total. The zero-order valence-electron chi connectivity index (χ0n) is 17.5. The highest BCUT2D eigenvalue weighted by Crippen LogP contribution is 2.22. The van der Waals surface area contributed by atoms with Gasteiger partial charge in [0.05, 0.1) is 6.54 Å². The molecular formula is C21H24N6O4S. The number of anilines is 2. The number of piperidine rings is 1. The predicted molar refractivity (Wildman–Crippen MR) is 118 cm³/mol. The van der Waals surface area contributed by atoms with E-state index >= 15 is 0 Å². The van der Waals surface area contributed by atoms with Gasteiger partial charge in [0.2, 0.25) is 22.9 Å². The normalized spacial score (nSPS) is 16.8. The molecule has 0 spiro atoms. The van der Waals surface area contributed by atoms with Crippen molar-refractivity contribution in [1.82, 2.24) is 20.4 Å². The Balaban J connectivity index is 1.21. The van der Waals surface area contributed by atoms with Crippen LogP contribution in [0.2, 0.25) is 0 Å². The first-order valence-electron chi connectivity index (χ1n) is 10.5. The fraction of sp³-hybridized carbons (Fsp3) is 0.429. The van der Waals surface area contributed by atoms with Crippen molar-refractivity contribution in [3.63, 3.8) is 0 Å². The van der Waals surface area contributed by atoms with Crippen molar-refractivity contribution in [2.75, 3.05) is 36.4 Å². The van der Waals surface area contributed by atoms with Gasteiger partial charge in [-0.25, -0.2) is 0 Å². The van der Waals surface area contributed by atoms with Gasteiger partial charge in [0.1, 0.15) is 5.51 Å². The third kappa shape index (κ3) is 5.10. The van der Waals surface area contributed by atoms with E-state index in [4.69, 9.17) is 0 Å². The SMILES string of the molecule is O=C(NCC(=O)N1CCC(C(=O)Nc2nncs2)CC1)c1ccc(N2CCCC2=O)cc1. The molecule has 1 aromatic carbocycles. The Morgan fingerprint density at radius 1 is 1.09 bits per heavy atom. The third-order valence-electron chi connectivity index (χ3n) is 5.72. The van der Waals surface area contributed by atoms with E-state index in [1.54, 1.807) is 39.6 Å². The molecular weight excluding hydrogens is 432 g/mol. The van der Waals surface area contributed by atoms with E-state index in [-0.39, 0.29) is 36.1 Å². The standard InChI is InChI=1S/C21H24N6O4S/c28-17-2-1-9-27(17)16-5-3-14(4-6-16)19(30)22-12-18(29)26-10-7-15(8-11-26)20(31)24-21-25-23-13-32-21/h3-6,13,15H,1-2,7-12H2,(H,22,30)(H,24,25,31). The van der Waals surface area contributed by atoms with E-state index in [1.165, 1.54) is 11.3 Å². The number of rotatable bonds is 6. The number of amides is 4. The maximum atomic E-state index is 12.5. The lowest BCUT2D eigenvalue weighted by Gasteiger charge is -2.31. The maximum Gasteiger partial charge on any atom is 0.251 e. The Bertz CT molecular complexity index is 986. The van der Waals surface area contributed by atoms with Gasteiger partial charge in [0, 0.05) is 43.2 Å². The summed E-state index contributed by atoms with van der Waals surface area (Å²) < 4.78 is 0. The molecule has 0 unspecified atom stereocenters. The molecule has 0 saturated carbocycles. The smallest absolute Gasteiger partial charge is 0.251 e. The van der Waals surface area contributed by atoms with Crippen LogP contribution in [0.15, 0.2) is 29.8 Å². The highest BCUT2D eigenvalue weighted by Gasteiger charge is 2.28. The first-order chi connectivity index (χ1) is 15.5. The number of likely N-dealkylation sites (tertiary alicyclic amines) is 1. The highest BCUT2D eigenvalue weighted by molar-refractivity contribution is 7.13. The molecule has 0 radical (unpaired) electrons. The van der Waals surface area contributed by atoms with Crippen molar-refractivity contribution in [1.29, 1.82) is 0 Å². The summed E-state index contributed by atoms with van der Waals surface area (Å²) in [6.45, 7) is 1.51. The summed E-state index contributed by atoms with van der Waals surface area (Å²) in [5, 5.41) is 13.4. The van der Waals surface area contributed by atoms with Crippen molar-refractivity contribution >= 4 is 45.8 Å². The Morgan fingerprint density at radius 3 is 2.47 bits per heavy atom. The first-order valence-corrected chi connectivity index (χ1v) is 11.4. The fourth-order valence-corrected chi connectivity index (χ4v) is 4.36. The molecule has 2 aliphatic heterocycles. The summed E-state index contributed by atoms with van der Waals surface area (Å²) in [4.78, 5) is 52.4. The Morgan fingerprint density at radius 2 is 1.84 bits per heavy atom. The van der Waals surface area contributed by atoms with E-state index in [0.29, 0.717) is 49.6 Å². The molecule has 1 aromatic heterocycles. The average molecular weight is 457 g/mol. The minimum Gasteiger partial charge on any atom is -0.343 e. The van der Waals surface area contributed by atoms with Gasteiger partial charge in [-0.15, -0.1) is 10.2 Å². The monoisotopic (exact) mass is 456 g/mol. The van der Waals surface area contributed by atoms with Gasteiger partial charge in [-0.1, -0.05) is 11.3 Å². The van der Waals surface area contributed by atoms with Crippen LogP contribution in [0.1, 0.15) is 36.0 Å². The molecule has 0 atom stereocenters. The third-order valence-corrected chi connectivity index (χ3v) is 6.33. The molecule has 10 nitrogen and oxygen atoms in total. The van der Waals surface area contributed by atoms with E-state index < -0.39 is 0 Å². The molecule has 32 heavy (non-hydrogen) atoms. The van der Waals surface area contributed by atoms with Crippen LogP contribution in [-0.2, 0) is 14.4 Å². The molecule has 168 valence electrons. The van der Waals surface area contributed by atoms with Crippen LogP contribution < -0.4 is 15.5 Å². The highest BCUT2D eigenvalue weighted by atomic mass is 32.1. The molecule has 0 bridgehead atoms. The van der Waals surface area contributed by atoms with Crippen molar-refractivity contribution in [2.24, 2.45) is 5.92 Å². The van der Waals surface area contributed by atoms with Gasteiger partial charge in [-0.05, 0) is 43.5 Å². The zero-order chi connectivity index (χ0) is 22.5. The van der Waals surface area contributed by atoms with Crippen molar-refractivity contribution < 1.29 is 19.2 Å². The minimum atomic E-state index is -0.344. The molecule has 4 rings (SSSR count). The van der Waals surface area contributed by atoms with Crippen molar-refractivity contribution in [3.05, 3.63) is 35.3 Å². The topological polar surface area (TPSA) is 125 Å². The summed E-state index contributed by atoms with van der Waals surface area (Å²) in [6.07, 6.45) is 2.51. The van der Waals surface area contributed by atoms with Crippen molar-refractivity contribution in [3.8, 4) is 0 Å². The second-order valence-electron chi connectivity index (χ2n) is 7.77.